The lowest BCUT2D eigenvalue weighted by atomic mass is 9.96. The molecule has 5 nitrogen and oxygen atoms in total. The van der Waals surface area contributed by atoms with Gasteiger partial charge < -0.3 is 0 Å². The van der Waals surface area contributed by atoms with Crippen LogP contribution in [-0.4, -0.2) is 38.6 Å². The summed E-state index contributed by atoms with van der Waals surface area (Å²) in [6.07, 6.45) is 2.23. The highest BCUT2D eigenvalue weighted by Gasteiger charge is 2.23. The summed E-state index contributed by atoms with van der Waals surface area (Å²) in [6.45, 7) is 3.25. The number of likely N-dealkylation sites (tertiary alicyclic amines) is 1. The van der Waals surface area contributed by atoms with Crippen molar-refractivity contribution in [2.45, 2.75) is 25.3 Å². The molecule has 0 unspecified atom stereocenters. The van der Waals surface area contributed by atoms with Gasteiger partial charge in [-0.2, -0.15) is 5.21 Å². The van der Waals surface area contributed by atoms with E-state index in [1.54, 1.807) is 0 Å². The monoisotopic (exact) mass is 243 g/mol. The molecular formula is C13H17N5. The van der Waals surface area contributed by atoms with E-state index in [-0.39, 0.29) is 0 Å². The summed E-state index contributed by atoms with van der Waals surface area (Å²) in [5, 5.41) is 14.3. The molecule has 1 aromatic carbocycles. The fourth-order valence-electron chi connectivity index (χ4n) is 2.53. The molecule has 0 atom stereocenters. The van der Waals surface area contributed by atoms with Crippen LogP contribution >= 0.6 is 0 Å². The average molecular weight is 243 g/mol. The van der Waals surface area contributed by atoms with Gasteiger partial charge in [0.25, 0.3) is 0 Å². The van der Waals surface area contributed by atoms with E-state index in [1.807, 2.05) is 0 Å². The van der Waals surface area contributed by atoms with Crippen LogP contribution in [0.4, 0.5) is 0 Å². The zero-order valence-electron chi connectivity index (χ0n) is 10.3. The highest BCUT2D eigenvalue weighted by molar-refractivity contribution is 5.14. The summed E-state index contributed by atoms with van der Waals surface area (Å²) in [6, 6.07) is 10.6. The number of piperidine rings is 1. The van der Waals surface area contributed by atoms with E-state index in [9.17, 15) is 0 Å². The lowest BCUT2D eigenvalue weighted by Gasteiger charge is -2.30. The standard InChI is InChI=1S/C13H17N5/c1-2-4-11(5-3-1)10-18-8-6-12(7-9-18)13-14-16-17-15-13/h1-5,12H,6-10H2,(H,14,15,16,17). The first kappa shape index (κ1) is 11.3. The maximum atomic E-state index is 4.08. The van der Waals surface area contributed by atoms with Crippen molar-refractivity contribution in [2.75, 3.05) is 13.1 Å². The minimum Gasteiger partial charge on any atom is -0.299 e. The Kier molecular flexibility index (Phi) is 3.32. The first-order chi connectivity index (χ1) is 8.92. The molecule has 2 heterocycles. The van der Waals surface area contributed by atoms with Crippen LogP contribution in [-0.2, 0) is 6.54 Å². The third kappa shape index (κ3) is 2.56. The van der Waals surface area contributed by atoms with Crippen LogP contribution in [0.25, 0.3) is 0 Å². The second-order valence-corrected chi connectivity index (χ2v) is 4.81. The molecule has 0 bridgehead atoms. The number of H-pyrrole nitrogens is 1. The van der Waals surface area contributed by atoms with Crippen molar-refractivity contribution in [2.24, 2.45) is 0 Å². The molecule has 18 heavy (non-hydrogen) atoms. The smallest absolute Gasteiger partial charge is 0.177 e. The van der Waals surface area contributed by atoms with Crippen LogP contribution in [0.5, 0.6) is 0 Å². The molecule has 94 valence electrons. The average Bonchev–Trinajstić information content (AvgIpc) is 2.95. The molecule has 3 rings (SSSR count). The van der Waals surface area contributed by atoms with Gasteiger partial charge >= 0.3 is 0 Å². The Morgan fingerprint density at radius 1 is 1.17 bits per heavy atom. The van der Waals surface area contributed by atoms with Crippen molar-refractivity contribution in [1.82, 2.24) is 25.5 Å². The van der Waals surface area contributed by atoms with Gasteiger partial charge in [0, 0.05) is 12.5 Å². The largest absolute Gasteiger partial charge is 0.299 e. The van der Waals surface area contributed by atoms with E-state index in [1.165, 1.54) is 5.56 Å². The van der Waals surface area contributed by atoms with E-state index < -0.39 is 0 Å². The number of aromatic nitrogens is 4. The van der Waals surface area contributed by atoms with Crippen LogP contribution < -0.4 is 0 Å². The molecule has 1 aliphatic heterocycles. The highest BCUT2D eigenvalue weighted by Crippen LogP contribution is 2.25. The topological polar surface area (TPSA) is 57.7 Å². The second-order valence-electron chi connectivity index (χ2n) is 4.81. The van der Waals surface area contributed by atoms with E-state index in [4.69, 9.17) is 0 Å². The Hall–Kier alpha value is -1.75. The van der Waals surface area contributed by atoms with Crippen molar-refractivity contribution in [1.29, 1.82) is 0 Å². The summed E-state index contributed by atoms with van der Waals surface area (Å²) in [5.74, 6) is 1.34. The van der Waals surface area contributed by atoms with Crippen molar-refractivity contribution in [3.63, 3.8) is 0 Å². The molecule has 0 aliphatic carbocycles. The highest BCUT2D eigenvalue weighted by atomic mass is 15.5. The zero-order valence-corrected chi connectivity index (χ0v) is 10.3. The van der Waals surface area contributed by atoms with E-state index in [0.717, 1.165) is 38.3 Å². The minimum atomic E-state index is 0.468. The second kappa shape index (κ2) is 5.27. The van der Waals surface area contributed by atoms with Crippen molar-refractivity contribution in [3.8, 4) is 0 Å². The Morgan fingerprint density at radius 3 is 2.61 bits per heavy atom. The number of nitrogens with one attached hydrogen (secondary N) is 1. The lowest BCUT2D eigenvalue weighted by molar-refractivity contribution is 0.201. The Bertz CT molecular complexity index is 459. The van der Waals surface area contributed by atoms with Gasteiger partial charge in [-0.25, -0.2) is 0 Å². The van der Waals surface area contributed by atoms with Crippen molar-refractivity contribution >= 4 is 0 Å². The molecule has 0 amide bonds. The van der Waals surface area contributed by atoms with Gasteiger partial charge in [0.1, 0.15) is 0 Å². The molecule has 0 spiro atoms. The number of hydrogen-bond donors (Lipinski definition) is 1. The first-order valence-electron chi connectivity index (χ1n) is 6.41. The van der Waals surface area contributed by atoms with Gasteiger partial charge in [0.2, 0.25) is 0 Å². The number of benzene rings is 1. The van der Waals surface area contributed by atoms with Gasteiger partial charge in [0.05, 0.1) is 0 Å². The quantitative estimate of drug-likeness (QED) is 0.889. The molecule has 5 heteroatoms. The summed E-state index contributed by atoms with van der Waals surface area (Å²) in [4.78, 5) is 2.49. The Labute approximate surface area is 106 Å². The van der Waals surface area contributed by atoms with E-state index in [0.29, 0.717) is 5.92 Å². The van der Waals surface area contributed by atoms with Crippen LogP contribution in [0.3, 0.4) is 0 Å². The predicted octanol–water partition coefficient (Wildman–Crippen LogP) is 1.58. The summed E-state index contributed by atoms with van der Waals surface area (Å²) >= 11 is 0. The fraction of sp³-hybridized carbons (Fsp3) is 0.462. The zero-order chi connectivity index (χ0) is 12.2. The Balaban J connectivity index is 1.54. The number of aromatic amines is 1. The maximum Gasteiger partial charge on any atom is 0.177 e. The number of tetrazole rings is 1. The van der Waals surface area contributed by atoms with Gasteiger partial charge in [-0.3, -0.25) is 4.90 Å². The van der Waals surface area contributed by atoms with Crippen LogP contribution in [0, 0.1) is 0 Å². The molecule has 0 radical (unpaired) electrons. The first-order valence-corrected chi connectivity index (χ1v) is 6.41. The maximum absolute atomic E-state index is 4.08. The SMILES string of the molecule is c1ccc(CN2CCC(c3nn[nH]n3)CC2)cc1. The normalized spacial score (nSPS) is 18.0. The molecule has 0 saturated carbocycles. The van der Waals surface area contributed by atoms with Crippen molar-refractivity contribution < 1.29 is 0 Å². The number of rotatable bonds is 3. The van der Waals surface area contributed by atoms with Crippen molar-refractivity contribution in [3.05, 3.63) is 41.7 Å². The van der Waals surface area contributed by atoms with Crippen LogP contribution in [0.2, 0.25) is 0 Å². The number of hydrogen-bond acceptors (Lipinski definition) is 4. The minimum absolute atomic E-state index is 0.468. The molecule has 2 aromatic rings. The number of nitrogens with zero attached hydrogens (tertiary/aromatic N) is 4. The molecule has 1 aromatic heterocycles. The summed E-state index contributed by atoms with van der Waals surface area (Å²) in [5.41, 5.74) is 1.38. The van der Waals surface area contributed by atoms with Gasteiger partial charge in [0.15, 0.2) is 5.82 Å². The summed E-state index contributed by atoms with van der Waals surface area (Å²) in [7, 11) is 0. The molecular weight excluding hydrogens is 226 g/mol. The third-order valence-electron chi connectivity index (χ3n) is 3.56. The van der Waals surface area contributed by atoms with Crippen LogP contribution in [0.1, 0.15) is 30.1 Å². The van der Waals surface area contributed by atoms with E-state index in [2.05, 4.69) is 55.9 Å². The molecule has 1 N–H and O–H groups in total. The third-order valence-corrected chi connectivity index (χ3v) is 3.56. The predicted molar refractivity (Wildman–Crippen MR) is 67.9 cm³/mol. The Morgan fingerprint density at radius 2 is 1.94 bits per heavy atom. The van der Waals surface area contributed by atoms with Crippen LogP contribution in [0.15, 0.2) is 30.3 Å². The molecule has 1 aliphatic rings. The van der Waals surface area contributed by atoms with Gasteiger partial charge in [-0.15, -0.1) is 10.2 Å². The van der Waals surface area contributed by atoms with Gasteiger partial charge in [-0.05, 0) is 31.5 Å². The fourth-order valence-corrected chi connectivity index (χ4v) is 2.53. The van der Waals surface area contributed by atoms with E-state index >= 15 is 0 Å². The van der Waals surface area contributed by atoms with Gasteiger partial charge in [-0.1, -0.05) is 35.5 Å². The lowest BCUT2D eigenvalue weighted by Crippen LogP contribution is -2.32. The summed E-state index contributed by atoms with van der Waals surface area (Å²) < 4.78 is 0. The molecule has 1 fully saturated rings. The molecule has 1 saturated heterocycles.